The van der Waals surface area contributed by atoms with Crippen molar-refractivity contribution >= 4 is 23.2 Å². The Morgan fingerprint density at radius 1 is 1.19 bits per heavy atom. The number of ether oxygens (including phenoxy) is 1. The highest BCUT2D eigenvalue weighted by molar-refractivity contribution is 7.09. The minimum Gasteiger partial charge on any atom is -0.449 e. The number of nitrogens with zero attached hydrogens (tertiary/aromatic N) is 2. The first-order valence-electron chi connectivity index (χ1n) is 9.66. The summed E-state index contributed by atoms with van der Waals surface area (Å²) in [5.74, 6) is -0.506. The van der Waals surface area contributed by atoms with Crippen molar-refractivity contribution in [3.63, 3.8) is 0 Å². The number of esters is 1. The van der Waals surface area contributed by atoms with Crippen molar-refractivity contribution in [3.8, 4) is 0 Å². The molecular weight excluding hydrogens is 360 g/mol. The minimum atomic E-state index is -0.754. The predicted octanol–water partition coefficient (Wildman–Crippen LogP) is 4.16. The first-order chi connectivity index (χ1) is 13.0. The lowest BCUT2D eigenvalue weighted by Crippen LogP contribution is -2.40. The van der Waals surface area contributed by atoms with E-state index in [1.165, 1.54) is 4.88 Å². The molecule has 1 fully saturated rings. The second kappa shape index (κ2) is 8.74. The summed E-state index contributed by atoms with van der Waals surface area (Å²) in [6, 6.07) is 5.97. The number of carbonyl (C=O) groups is 2. The lowest BCUT2D eigenvalue weighted by atomic mass is 10.2. The van der Waals surface area contributed by atoms with Crippen LogP contribution in [0.25, 0.3) is 0 Å². The molecule has 0 radical (unpaired) electrons. The molecule has 27 heavy (non-hydrogen) atoms. The second-order valence-corrected chi connectivity index (χ2v) is 8.27. The van der Waals surface area contributed by atoms with E-state index in [0.717, 1.165) is 56.7 Å². The molecule has 1 atom stereocenters. The zero-order valence-corrected chi connectivity index (χ0v) is 17.2. The van der Waals surface area contributed by atoms with Crippen molar-refractivity contribution in [1.29, 1.82) is 0 Å². The van der Waals surface area contributed by atoms with Gasteiger partial charge in [0.1, 0.15) is 0 Å². The number of amides is 1. The van der Waals surface area contributed by atoms with Gasteiger partial charge in [-0.3, -0.25) is 4.79 Å². The molecule has 2 aromatic rings. The van der Waals surface area contributed by atoms with Gasteiger partial charge in [-0.15, -0.1) is 11.3 Å². The van der Waals surface area contributed by atoms with Gasteiger partial charge in [0, 0.05) is 29.4 Å². The highest BCUT2D eigenvalue weighted by atomic mass is 32.1. The zero-order valence-electron chi connectivity index (χ0n) is 16.4. The van der Waals surface area contributed by atoms with Crippen LogP contribution in [0.3, 0.4) is 0 Å². The molecule has 3 heterocycles. The Morgan fingerprint density at radius 3 is 2.52 bits per heavy atom. The monoisotopic (exact) mass is 388 g/mol. The summed E-state index contributed by atoms with van der Waals surface area (Å²) >= 11 is 1.70. The molecule has 0 N–H and O–H groups in total. The maximum atomic E-state index is 12.7. The largest absolute Gasteiger partial charge is 0.449 e. The van der Waals surface area contributed by atoms with Gasteiger partial charge >= 0.3 is 5.97 Å². The Morgan fingerprint density at radius 2 is 1.89 bits per heavy atom. The zero-order chi connectivity index (χ0) is 19.4. The van der Waals surface area contributed by atoms with Crippen LogP contribution in [0, 0.1) is 13.8 Å². The predicted molar refractivity (Wildman–Crippen MR) is 107 cm³/mol. The van der Waals surface area contributed by atoms with Crippen LogP contribution in [0.5, 0.6) is 0 Å². The number of thiophene rings is 1. The maximum Gasteiger partial charge on any atom is 0.340 e. The number of hydrogen-bond acceptors (Lipinski definition) is 4. The number of aromatic nitrogens is 1. The van der Waals surface area contributed by atoms with Crippen LogP contribution in [0.2, 0.25) is 0 Å². The molecule has 0 unspecified atom stereocenters. The van der Waals surface area contributed by atoms with E-state index in [-0.39, 0.29) is 5.91 Å². The number of hydrogen-bond donors (Lipinski definition) is 0. The summed E-state index contributed by atoms with van der Waals surface area (Å²) < 4.78 is 7.65. The molecule has 146 valence electrons. The van der Waals surface area contributed by atoms with Gasteiger partial charge in [0.2, 0.25) is 0 Å². The fourth-order valence-corrected chi connectivity index (χ4v) is 4.32. The minimum absolute atomic E-state index is 0.0855. The topological polar surface area (TPSA) is 51.5 Å². The third kappa shape index (κ3) is 4.61. The van der Waals surface area contributed by atoms with Crippen LogP contribution >= 0.6 is 11.3 Å². The number of carbonyl (C=O) groups excluding carboxylic acids is 2. The molecule has 1 saturated heterocycles. The number of rotatable bonds is 5. The Bertz CT molecular complexity index is 787. The van der Waals surface area contributed by atoms with Crippen molar-refractivity contribution in [1.82, 2.24) is 9.47 Å². The van der Waals surface area contributed by atoms with Gasteiger partial charge in [-0.05, 0) is 51.1 Å². The van der Waals surface area contributed by atoms with Gasteiger partial charge in [0.25, 0.3) is 5.91 Å². The normalized spacial score (nSPS) is 16.0. The average molecular weight is 389 g/mol. The average Bonchev–Trinajstić information content (AvgIpc) is 3.15. The molecule has 6 heteroatoms. The van der Waals surface area contributed by atoms with Gasteiger partial charge in [0.15, 0.2) is 6.10 Å². The van der Waals surface area contributed by atoms with E-state index in [9.17, 15) is 9.59 Å². The quantitative estimate of drug-likeness (QED) is 0.723. The lowest BCUT2D eigenvalue weighted by Gasteiger charge is -2.24. The van der Waals surface area contributed by atoms with Gasteiger partial charge in [-0.2, -0.15) is 0 Å². The van der Waals surface area contributed by atoms with Crippen LogP contribution in [0.1, 0.15) is 59.2 Å². The molecule has 0 aliphatic carbocycles. The Kier molecular flexibility index (Phi) is 6.37. The summed E-state index contributed by atoms with van der Waals surface area (Å²) in [6.45, 7) is 7.86. The van der Waals surface area contributed by atoms with Gasteiger partial charge in [-0.1, -0.05) is 18.9 Å². The molecule has 0 saturated carbocycles. The van der Waals surface area contributed by atoms with Crippen LogP contribution in [0.4, 0.5) is 0 Å². The standard InChI is InChI=1S/C21H28N2O3S/c1-15-13-19(16(2)23(15)14-18-9-8-12-27-18)21(25)26-17(3)20(24)22-10-6-4-5-7-11-22/h8-9,12-13,17H,4-7,10-11,14H2,1-3H3/t17-/m0/s1. The highest BCUT2D eigenvalue weighted by Gasteiger charge is 2.26. The summed E-state index contributed by atoms with van der Waals surface area (Å²) in [5.41, 5.74) is 2.43. The third-order valence-corrected chi connectivity index (χ3v) is 6.10. The molecule has 0 bridgehead atoms. The van der Waals surface area contributed by atoms with E-state index >= 15 is 0 Å². The van der Waals surface area contributed by atoms with E-state index in [1.807, 2.05) is 30.9 Å². The fraction of sp³-hybridized carbons (Fsp3) is 0.524. The van der Waals surface area contributed by atoms with Gasteiger partial charge < -0.3 is 14.2 Å². The lowest BCUT2D eigenvalue weighted by molar-refractivity contribution is -0.139. The molecule has 3 rings (SSSR count). The SMILES string of the molecule is Cc1cc(C(=O)O[C@@H](C)C(=O)N2CCCCCC2)c(C)n1Cc1cccs1. The van der Waals surface area contributed by atoms with Crippen LogP contribution < -0.4 is 0 Å². The Balaban J connectivity index is 1.67. The van der Waals surface area contributed by atoms with Crippen molar-refractivity contribution in [2.45, 2.75) is 59.1 Å². The maximum absolute atomic E-state index is 12.7. The van der Waals surface area contributed by atoms with E-state index < -0.39 is 12.1 Å². The molecular formula is C21H28N2O3S. The smallest absolute Gasteiger partial charge is 0.340 e. The molecule has 2 aromatic heterocycles. The van der Waals surface area contributed by atoms with E-state index in [0.29, 0.717) is 5.56 Å². The van der Waals surface area contributed by atoms with Crippen LogP contribution in [-0.4, -0.2) is 40.5 Å². The molecule has 1 aliphatic heterocycles. The van der Waals surface area contributed by atoms with Crippen LogP contribution in [0.15, 0.2) is 23.6 Å². The van der Waals surface area contributed by atoms with Crippen LogP contribution in [-0.2, 0) is 16.1 Å². The van der Waals surface area contributed by atoms with Crippen molar-refractivity contribution in [3.05, 3.63) is 45.4 Å². The summed E-state index contributed by atoms with van der Waals surface area (Å²) in [4.78, 5) is 28.4. The molecule has 5 nitrogen and oxygen atoms in total. The first-order valence-corrected chi connectivity index (χ1v) is 10.5. The van der Waals surface area contributed by atoms with Crippen molar-refractivity contribution in [2.75, 3.05) is 13.1 Å². The summed E-state index contributed by atoms with van der Waals surface area (Å²) in [7, 11) is 0. The molecule has 0 spiro atoms. The van der Waals surface area contributed by atoms with Gasteiger partial charge in [0.05, 0.1) is 12.1 Å². The van der Waals surface area contributed by atoms with Gasteiger partial charge in [-0.25, -0.2) is 4.79 Å². The fourth-order valence-electron chi connectivity index (χ4n) is 3.63. The first kappa shape index (κ1) is 19.7. The van der Waals surface area contributed by atoms with Crippen molar-refractivity contribution < 1.29 is 14.3 Å². The Labute approximate surface area is 164 Å². The van der Waals surface area contributed by atoms with Crippen molar-refractivity contribution in [2.24, 2.45) is 0 Å². The summed E-state index contributed by atoms with van der Waals surface area (Å²) in [6.07, 6.45) is 3.62. The number of aryl methyl sites for hydroxylation is 1. The second-order valence-electron chi connectivity index (χ2n) is 7.24. The summed E-state index contributed by atoms with van der Waals surface area (Å²) in [5, 5.41) is 2.05. The van der Waals surface area contributed by atoms with E-state index in [4.69, 9.17) is 4.74 Å². The highest BCUT2D eigenvalue weighted by Crippen LogP contribution is 2.21. The third-order valence-electron chi connectivity index (χ3n) is 5.24. The Hall–Kier alpha value is -2.08. The molecule has 0 aromatic carbocycles. The number of likely N-dealkylation sites (tertiary alicyclic amines) is 1. The molecule has 1 aliphatic rings. The molecule has 1 amide bonds. The van der Waals surface area contributed by atoms with E-state index in [1.54, 1.807) is 18.3 Å². The van der Waals surface area contributed by atoms with E-state index in [2.05, 4.69) is 16.0 Å².